The van der Waals surface area contributed by atoms with Crippen LogP contribution in [-0.4, -0.2) is 21.3 Å². The number of hydrogen-bond acceptors (Lipinski definition) is 6. The van der Waals surface area contributed by atoms with Crippen LogP contribution in [0.3, 0.4) is 0 Å². The van der Waals surface area contributed by atoms with Crippen molar-refractivity contribution < 1.29 is 19.1 Å². The van der Waals surface area contributed by atoms with E-state index in [4.69, 9.17) is 14.3 Å². The van der Waals surface area contributed by atoms with Crippen LogP contribution in [-0.2, 0) is 6.61 Å². The zero-order valence-electron chi connectivity index (χ0n) is 12.9. The molecule has 0 aliphatic carbocycles. The van der Waals surface area contributed by atoms with Crippen LogP contribution in [0.5, 0.6) is 5.75 Å². The number of aromatic nitrogens is 2. The van der Waals surface area contributed by atoms with E-state index in [9.17, 15) is 4.79 Å². The Labute approximate surface area is 137 Å². The molecule has 7 heteroatoms. The molecule has 0 atom stereocenters. The summed E-state index contributed by atoms with van der Waals surface area (Å²) in [5, 5.41) is 19.7. The molecule has 0 bridgehead atoms. The monoisotopic (exact) mass is 325 g/mol. The first-order chi connectivity index (χ1) is 11.6. The van der Waals surface area contributed by atoms with E-state index in [0.717, 1.165) is 5.56 Å². The third kappa shape index (κ3) is 3.70. The van der Waals surface area contributed by atoms with E-state index in [-0.39, 0.29) is 24.1 Å². The van der Waals surface area contributed by atoms with E-state index in [2.05, 4.69) is 15.5 Å². The first-order valence-electron chi connectivity index (χ1n) is 7.23. The minimum atomic E-state index is -1.04. The highest BCUT2D eigenvalue weighted by Crippen LogP contribution is 2.20. The summed E-state index contributed by atoms with van der Waals surface area (Å²) in [5.74, 6) is -0.0593. The molecule has 0 fully saturated rings. The number of carboxylic acid groups (broad SMARTS) is 1. The van der Waals surface area contributed by atoms with Gasteiger partial charge in [-0.25, -0.2) is 4.79 Å². The van der Waals surface area contributed by atoms with Crippen molar-refractivity contribution in [1.82, 2.24) is 10.2 Å². The average molecular weight is 325 g/mol. The largest absolute Gasteiger partial charge is 0.484 e. The Bertz CT molecular complexity index is 843. The smallest absolute Gasteiger partial charge is 0.337 e. The first-order valence-corrected chi connectivity index (χ1v) is 7.23. The molecule has 2 aromatic carbocycles. The fourth-order valence-electron chi connectivity index (χ4n) is 2.04. The third-order valence-corrected chi connectivity index (χ3v) is 3.25. The number of carbonyl (C=O) groups is 1. The minimum absolute atomic E-state index is 0.103. The number of ether oxygens (including phenoxy) is 1. The number of hydrogen-bond donors (Lipinski definition) is 2. The predicted molar refractivity (Wildman–Crippen MR) is 86.5 cm³/mol. The van der Waals surface area contributed by atoms with Gasteiger partial charge in [-0.2, -0.15) is 0 Å². The van der Waals surface area contributed by atoms with Crippen molar-refractivity contribution in [2.45, 2.75) is 13.5 Å². The van der Waals surface area contributed by atoms with E-state index < -0.39 is 5.97 Å². The van der Waals surface area contributed by atoms with Crippen molar-refractivity contribution in [2.75, 3.05) is 5.32 Å². The molecule has 0 saturated carbocycles. The summed E-state index contributed by atoms with van der Waals surface area (Å²) in [4.78, 5) is 11.2. The lowest BCUT2D eigenvalue weighted by Gasteiger charge is -2.05. The van der Waals surface area contributed by atoms with Gasteiger partial charge in [-0.05, 0) is 31.2 Å². The van der Waals surface area contributed by atoms with Gasteiger partial charge in [-0.1, -0.05) is 34.9 Å². The highest BCUT2D eigenvalue weighted by atomic mass is 16.5. The Morgan fingerprint density at radius 2 is 1.92 bits per heavy atom. The van der Waals surface area contributed by atoms with Gasteiger partial charge in [0.25, 0.3) is 5.89 Å². The molecule has 2 N–H and O–H groups in total. The van der Waals surface area contributed by atoms with Crippen LogP contribution in [0.2, 0.25) is 0 Å². The lowest BCUT2D eigenvalue weighted by atomic mass is 10.2. The van der Waals surface area contributed by atoms with Gasteiger partial charge < -0.3 is 19.6 Å². The van der Waals surface area contributed by atoms with Gasteiger partial charge in [-0.15, -0.1) is 5.10 Å². The number of para-hydroxylation sites is 1. The molecule has 0 saturated heterocycles. The van der Waals surface area contributed by atoms with Gasteiger partial charge in [0.1, 0.15) is 5.75 Å². The summed E-state index contributed by atoms with van der Waals surface area (Å²) >= 11 is 0. The van der Waals surface area contributed by atoms with Crippen molar-refractivity contribution in [2.24, 2.45) is 0 Å². The topological polar surface area (TPSA) is 97.5 Å². The van der Waals surface area contributed by atoms with Crippen molar-refractivity contribution in [3.05, 3.63) is 65.5 Å². The molecule has 24 heavy (non-hydrogen) atoms. The number of benzene rings is 2. The van der Waals surface area contributed by atoms with Crippen LogP contribution in [0.15, 0.2) is 52.9 Å². The molecule has 3 rings (SSSR count). The summed E-state index contributed by atoms with van der Waals surface area (Å²) in [7, 11) is 0. The number of rotatable bonds is 6. The Hall–Kier alpha value is -3.35. The highest BCUT2D eigenvalue weighted by molar-refractivity contribution is 5.94. The Morgan fingerprint density at radius 3 is 2.67 bits per heavy atom. The summed E-state index contributed by atoms with van der Waals surface area (Å²) in [6.07, 6.45) is 0. The van der Waals surface area contributed by atoms with Crippen molar-refractivity contribution in [1.29, 1.82) is 0 Å². The Balaban J connectivity index is 1.65. The molecule has 0 spiro atoms. The van der Waals surface area contributed by atoms with Crippen molar-refractivity contribution in [3.8, 4) is 5.75 Å². The van der Waals surface area contributed by atoms with E-state index >= 15 is 0 Å². The van der Waals surface area contributed by atoms with Crippen LogP contribution in [0.1, 0.15) is 21.8 Å². The van der Waals surface area contributed by atoms with Gasteiger partial charge in [0.15, 0.2) is 6.61 Å². The van der Waals surface area contributed by atoms with Crippen LogP contribution in [0, 0.1) is 6.92 Å². The zero-order valence-corrected chi connectivity index (χ0v) is 12.9. The van der Waals surface area contributed by atoms with Crippen molar-refractivity contribution in [3.63, 3.8) is 0 Å². The lowest BCUT2D eigenvalue weighted by Crippen LogP contribution is -2.02. The zero-order chi connectivity index (χ0) is 16.9. The highest BCUT2D eigenvalue weighted by Gasteiger charge is 2.12. The van der Waals surface area contributed by atoms with Gasteiger partial charge in [-0.3, -0.25) is 0 Å². The molecule has 0 aliphatic rings. The Morgan fingerprint density at radius 1 is 1.17 bits per heavy atom. The lowest BCUT2D eigenvalue weighted by molar-refractivity contribution is 0.0698. The normalized spacial score (nSPS) is 10.4. The summed E-state index contributed by atoms with van der Waals surface area (Å²) in [6.45, 7) is 2.12. The van der Waals surface area contributed by atoms with Gasteiger partial charge in [0.2, 0.25) is 0 Å². The number of nitrogens with zero attached hydrogens (tertiary/aromatic N) is 2. The SMILES string of the molecule is Cc1ccc(OCc2nnc(Nc3ccccc3C(=O)O)o2)cc1. The van der Waals surface area contributed by atoms with Crippen molar-refractivity contribution >= 4 is 17.7 Å². The maximum absolute atomic E-state index is 11.2. The second kappa shape index (κ2) is 6.82. The summed E-state index contributed by atoms with van der Waals surface area (Å²) in [5.41, 5.74) is 1.64. The fourth-order valence-corrected chi connectivity index (χ4v) is 2.04. The fraction of sp³-hybridized carbons (Fsp3) is 0.118. The quantitative estimate of drug-likeness (QED) is 0.716. The molecule has 0 amide bonds. The van der Waals surface area contributed by atoms with Crippen LogP contribution >= 0.6 is 0 Å². The van der Waals surface area contributed by atoms with Crippen LogP contribution in [0.4, 0.5) is 11.7 Å². The van der Waals surface area contributed by atoms with Crippen LogP contribution < -0.4 is 10.1 Å². The minimum Gasteiger partial charge on any atom is -0.484 e. The van der Waals surface area contributed by atoms with Gasteiger partial charge in [0, 0.05) is 0 Å². The molecule has 1 aromatic heterocycles. The Kier molecular flexibility index (Phi) is 4.42. The molecule has 0 radical (unpaired) electrons. The molecule has 3 aromatic rings. The maximum Gasteiger partial charge on any atom is 0.337 e. The molecular weight excluding hydrogens is 310 g/mol. The van der Waals surface area contributed by atoms with E-state index in [1.165, 1.54) is 6.07 Å². The summed E-state index contributed by atoms with van der Waals surface area (Å²) in [6, 6.07) is 14.2. The number of aryl methyl sites for hydroxylation is 1. The summed E-state index contributed by atoms with van der Waals surface area (Å²) < 4.78 is 11.0. The molecule has 122 valence electrons. The molecule has 1 heterocycles. The first kappa shape index (κ1) is 15.5. The standard InChI is InChI=1S/C17H15N3O4/c1-11-6-8-12(9-7-11)23-10-15-19-20-17(24-15)18-14-5-3-2-4-13(14)16(21)22/h2-9H,10H2,1H3,(H,18,20)(H,21,22). The van der Waals surface area contributed by atoms with Crippen LogP contribution in [0.25, 0.3) is 0 Å². The maximum atomic E-state index is 11.2. The average Bonchev–Trinajstić information content (AvgIpc) is 3.02. The van der Waals surface area contributed by atoms with Gasteiger partial charge in [0.05, 0.1) is 11.3 Å². The number of carboxylic acids is 1. The molecule has 0 aliphatic heterocycles. The number of nitrogens with one attached hydrogen (secondary N) is 1. The molecule has 7 nitrogen and oxygen atoms in total. The van der Waals surface area contributed by atoms with E-state index in [1.807, 2.05) is 31.2 Å². The van der Waals surface area contributed by atoms with E-state index in [0.29, 0.717) is 11.4 Å². The van der Waals surface area contributed by atoms with E-state index in [1.54, 1.807) is 18.2 Å². The predicted octanol–water partition coefficient (Wildman–Crippen LogP) is 3.40. The second-order valence-corrected chi connectivity index (χ2v) is 5.08. The molecule has 0 unspecified atom stereocenters. The number of aromatic carboxylic acids is 1. The third-order valence-electron chi connectivity index (χ3n) is 3.25. The molecular formula is C17H15N3O4. The second-order valence-electron chi connectivity index (χ2n) is 5.08. The number of anilines is 2. The van der Waals surface area contributed by atoms with Gasteiger partial charge >= 0.3 is 12.0 Å².